The first-order valence-corrected chi connectivity index (χ1v) is 4.56. The van der Waals surface area contributed by atoms with Gasteiger partial charge < -0.3 is 15.8 Å². The van der Waals surface area contributed by atoms with Crippen molar-refractivity contribution in [3.05, 3.63) is 0 Å². The Morgan fingerprint density at radius 3 is 2.47 bits per heavy atom. The van der Waals surface area contributed by atoms with E-state index in [4.69, 9.17) is 10.5 Å². The molecule has 0 fully saturated rings. The number of primary amides is 1. The lowest BCUT2D eigenvalue weighted by Gasteiger charge is -2.19. The fraction of sp³-hybridized carbons (Fsp3) is 0.600. The first-order chi connectivity index (χ1) is 6.81. The Kier molecular flexibility index (Phi) is 5.24. The smallest absolute Gasteiger partial charge is 0.407 e. The lowest BCUT2D eigenvalue weighted by molar-refractivity contribution is -0.112. The van der Waals surface area contributed by atoms with Gasteiger partial charge in [0.05, 0.1) is 0 Å². The zero-order valence-electron chi connectivity index (χ0n) is 9.22. The van der Waals surface area contributed by atoms with Crippen LogP contribution in [-0.2, 0) is 9.53 Å². The monoisotopic (exact) mass is 212 g/mol. The number of carbonyl (C=O) groups is 2. The summed E-state index contributed by atoms with van der Waals surface area (Å²) in [6.07, 6.45) is -0.134. The summed E-state index contributed by atoms with van der Waals surface area (Å²) in [4.78, 5) is 21.3. The summed E-state index contributed by atoms with van der Waals surface area (Å²) in [6, 6.07) is 0. The maximum absolute atomic E-state index is 11.1. The number of nitrogens with one attached hydrogen (secondary N) is 1. The van der Waals surface area contributed by atoms with Crippen molar-refractivity contribution in [3.8, 4) is 11.8 Å². The first-order valence-electron chi connectivity index (χ1n) is 4.56. The predicted molar refractivity (Wildman–Crippen MR) is 55.8 cm³/mol. The van der Waals surface area contributed by atoms with Gasteiger partial charge in [-0.2, -0.15) is 0 Å². The molecule has 0 unspecified atom stereocenters. The van der Waals surface area contributed by atoms with Crippen LogP contribution in [0.2, 0.25) is 0 Å². The normalized spacial score (nSPS) is 9.80. The molecule has 0 bridgehead atoms. The highest BCUT2D eigenvalue weighted by molar-refractivity contribution is 5.91. The van der Waals surface area contributed by atoms with Gasteiger partial charge >= 0.3 is 6.09 Å². The summed E-state index contributed by atoms with van der Waals surface area (Å²) >= 11 is 0. The average molecular weight is 212 g/mol. The molecule has 0 rings (SSSR count). The Morgan fingerprint density at radius 2 is 2.00 bits per heavy atom. The van der Waals surface area contributed by atoms with Crippen LogP contribution in [0.4, 0.5) is 4.79 Å². The summed E-state index contributed by atoms with van der Waals surface area (Å²) in [5.41, 5.74) is 4.28. The zero-order valence-corrected chi connectivity index (χ0v) is 9.22. The summed E-state index contributed by atoms with van der Waals surface area (Å²) in [6.45, 7) is 5.66. The van der Waals surface area contributed by atoms with Crippen molar-refractivity contribution in [3.63, 3.8) is 0 Å². The topological polar surface area (TPSA) is 81.4 Å². The lowest BCUT2D eigenvalue weighted by atomic mass is 10.2. The van der Waals surface area contributed by atoms with E-state index in [0.717, 1.165) is 0 Å². The van der Waals surface area contributed by atoms with Crippen LogP contribution in [0.1, 0.15) is 27.2 Å². The number of hydrogen-bond acceptors (Lipinski definition) is 3. The Labute approximate surface area is 89.3 Å². The van der Waals surface area contributed by atoms with E-state index in [1.54, 1.807) is 20.8 Å². The third-order valence-corrected chi connectivity index (χ3v) is 1.13. The van der Waals surface area contributed by atoms with Crippen LogP contribution >= 0.6 is 0 Å². The second-order valence-corrected chi connectivity index (χ2v) is 3.84. The highest BCUT2D eigenvalue weighted by atomic mass is 16.6. The molecule has 0 aromatic rings. The van der Waals surface area contributed by atoms with Crippen molar-refractivity contribution in [2.75, 3.05) is 6.54 Å². The average Bonchev–Trinajstić information content (AvgIpc) is 1.99. The number of carbonyl (C=O) groups excluding carboxylic acids is 2. The number of rotatable bonds is 2. The van der Waals surface area contributed by atoms with E-state index in [1.807, 2.05) is 0 Å². The predicted octanol–water partition coefficient (Wildman–Crippen LogP) is 0.390. The minimum atomic E-state index is -0.674. The molecular weight excluding hydrogens is 196 g/mol. The molecule has 0 atom stereocenters. The first kappa shape index (κ1) is 13.3. The van der Waals surface area contributed by atoms with E-state index < -0.39 is 17.6 Å². The van der Waals surface area contributed by atoms with Crippen molar-refractivity contribution in [2.45, 2.75) is 32.8 Å². The Morgan fingerprint density at radius 1 is 1.40 bits per heavy atom. The van der Waals surface area contributed by atoms with Crippen molar-refractivity contribution in [1.29, 1.82) is 0 Å². The Balaban J connectivity index is 3.67. The fourth-order valence-corrected chi connectivity index (χ4v) is 0.691. The summed E-state index contributed by atoms with van der Waals surface area (Å²) < 4.78 is 4.98. The number of nitrogens with two attached hydrogens (primary N) is 1. The molecule has 84 valence electrons. The molecule has 0 aliphatic rings. The molecule has 3 N–H and O–H groups in total. The van der Waals surface area contributed by atoms with Gasteiger partial charge in [-0.1, -0.05) is 5.92 Å². The maximum Gasteiger partial charge on any atom is 0.407 e. The number of alkyl carbamates (subject to hydrolysis) is 1. The van der Waals surface area contributed by atoms with Crippen LogP contribution in [0.15, 0.2) is 0 Å². The van der Waals surface area contributed by atoms with E-state index >= 15 is 0 Å². The second kappa shape index (κ2) is 5.91. The highest BCUT2D eigenvalue weighted by Crippen LogP contribution is 2.05. The van der Waals surface area contributed by atoms with Gasteiger partial charge in [-0.25, -0.2) is 4.79 Å². The SMILES string of the molecule is CC(C)(C)OC(=O)NCCC#CC(N)=O. The molecular formula is C10H16N2O3. The highest BCUT2D eigenvalue weighted by Gasteiger charge is 2.14. The Hall–Kier alpha value is -1.70. The number of amides is 2. The number of hydrogen-bond donors (Lipinski definition) is 2. The molecule has 0 saturated carbocycles. The standard InChI is InChI=1S/C10H16N2O3/c1-10(2,3)15-9(14)12-7-5-4-6-8(11)13/h5,7H2,1-3H3,(H2,11,13)(H,12,14). The molecule has 15 heavy (non-hydrogen) atoms. The summed E-state index contributed by atoms with van der Waals surface area (Å²) in [5.74, 6) is 4.00. The Bertz CT molecular complexity index is 294. The van der Waals surface area contributed by atoms with Gasteiger partial charge in [0, 0.05) is 13.0 Å². The minimum absolute atomic E-state index is 0.329. The molecule has 0 aliphatic heterocycles. The third kappa shape index (κ3) is 10.2. The summed E-state index contributed by atoms with van der Waals surface area (Å²) in [7, 11) is 0. The van der Waals surface area contributed by atoms with Gasteiger partial charge in [-0.05, 0) is 26.7 Å². The lowest BCUT2D eigenvalue weighted by Crippen LogP contribution is -2.32. The van der Waals surface area contributed by atoms with Crippen LogP contribution in [0.5, 0.6) is 0 Å². The van der Waals surface area contributed by atoms with Crippen molar-refractivity contribution >= 4 is 12.0 Å². The van der Waals surface area contributed by atoms with Crippen LogP contribution in [0.25, 0.3) is 0 Å². The molecule has 0 aliphatic carbocycles. The van der Waals surface area contributed by atoms with Crippen molar-refractivity contribution < 1.29 is 14.3 Å². The molecule has 2 amide bonds. The van der Waals surface area contributed by atoms with Crippen molar-refractivity contribution in [1.82, 2.24) is 5.32 Å². The van der Waals surface area contributed by atoms with Gasteiger partial charge in [0.1, 0.15) is 5.60 Å². The maximum atomic E-state index is 11.1. The zero-order chi connectivity index (χ0) is 11.9. The fourth-order valence-electron chi connectivity index (χ4n) is 0.691. The largest absolute Gasteiger partial charge is 0.444 e. The van der Waals surface area contributed by atoms with Gasteiger partial charge in [0.15, 0.2) is 0 Å². The van der Waals surface area contributed by atoms with Gasteiger partial charge in [0.25, 0.3) is 5.91 Å². The van der Waals surface area contributed by atoms with E-state index in [0.29, 0.717) is 13.0 Å². The molecule has 0 radical (unpaired) electrons. The van der Waals surface area contributed by atoms with E-state index in [2.05, 4.69) is 17.2 Å². The minimum Gasteiger partial charge on any atom is -0.444 e. The van der Waals surface area contributed by atoms with Crippen LogP contribution in [0, 0.1) is 11.8 Å². The van der Waals surface area contributed by atoms with Crippen LogP contribution in [-0.4, -0.2) is 24.1 Å². The second-order valence-electron chi connectivity index (χ2n) is 3.84. The van der Waals surface area contributed by atoms with E-state index in [1.165, 1.54) is 0 Å². The molecule has 0 saturated heterocycles. The van der Waals surface area contributed by atoms with E-state index in [-0.39, 0.29) is 0 Å². The quantitative estimate of drug-likeness (QED) is 0.513. The number of ether oxygens (including phenoxy) is 1. The molecule has 5 heteroatoms. The van der Waals surface area contributed by atoms with Gasteiger partial charge in [0.2, 0.25) is 0 Å². The molecule has 0 heterocycles. The third-order valence-electron chi connectivity index (χ3n) is 1.13. The van der Waals surface area contributed by atoms with Crippen LogP contribution < -0.4 is 11.1 Å². The molecule has 0 aromatic heterocycles. The van der Waals surface area contributed by atoms with Gasteiger partial charge in [-0.15, -0.1) is 0 Å². The molecule has 0 aromatic carbocycles. The van der Waals surface area contributed by atoms with Crippen molar-refractivity contribution in [2.24, 2.45) is 5.73 Å². The van der Waals surface area contributed by atoms with Crippen LogP contribution in [0.3, 0.4) is 0 Å². The molecule has 5 nitrogen and oxygen atoms in total. The van der Waals surface area contributed by atoms with Gasteiger partial charge in [-0.3, -0.25) is 4.79 Å². The molecule has 0 spiro atoms. The summed E-state index contributed by atoms with van der Waals surface area (Å²) in [5, 5.41) is 2.50. The van der Waals surface area contributed by atoms with E-state index in [9.17, 15) is 9.59 Å².